The van der Waals surface area contributed by atoms with Crippen molar-refractivity contribution in [2.45, 2.75) is 0 Å². The summed E-state index contributed by atoms with van der Waals surface area (Å²) in [5, 5.41) is 0. The molecule has 0 amide bonds. The summed E-state index contributed by atoms with van der Waals surface area (Å²) in [6, 6.07) is 3.97. The van der Waals surface area contributed by atoms with E-state index in [2.05, 4.69) is 14.2 Å². The van der Waals surface area contributed by atoms with Gasteiger partial charge in [0.15, 0.2) is 5.78 Å². The molecule has 0 spiro atoms. The van der Waals surface area contributed by atoms with Crippen molar-refractivity contribution in [2.24, 2.45) is 0 Å². The Kier molecular flexibility index (Phi) is 5.46. The van der Waals surface area contributed by atoms with Gasteiger partial charge in [-0.15, -0.1) is 0 Å². The molecule has 0 aliphatic rings. The second-order valence-electron chi connectivity index (χ2n) is 3.68. The highest BCUT2D eigenvalue weighted by atomic mass is 16.5. The number of methoxy groups -OCH3 is 3. The van der Waals surface area contributed by atoms with E-state index in [1.165, 1.54) is 51.9 Å². The average Bonchev–Trinajstić information content (AvgIpc) is 2.50. The van der Waals surface area contributed by atoms with Gasteiger partial charge in [0, 0.05) is 11.6 Å². The number of benzene rings is 1. The number of hydrogen-bond acceptors (Lipinski definition) is 6. The van der Waals surface area contributed by atoms with E-state index in [9.17, 15) is 14.4 Å². The predicted octanol–water partition coefficient (Wildman–Crippen LogP) is 1.60. The summed E-state index contributed by atoms with van der Waals surface area (Å²) in [7, 11) is 3.81. The molecule has 1 aromatic rings. The van der Waals surface area contributed by atoms with Crippen molar-refractivity contribution in [2.75, 3.05) is 21.3 Å². The number of esters is 2. The minimum absolute atomic E-state index is 0.0876. The number of allylic oxidation sites excluding steroid dienone is 1. The van der Waals surface area contributed by atoms with Gasteiger partial charge in [0.25, 0.3) is 0 Å². The van der Waals surface area contributed by atoms with Crippen LogP contribution in [0.3, 0.4) is 0 Å². The molecular weight excluding hydrogens is 264 g/mol. The van der Waals surface area contributed by atoms with Crippen molar-refractivity contribution in [3.63, 3.8) is 0 Å². The van der Waals surface area contributed by atoms with Gasteiger partial charge in [0.2, 0.25) is 0 Å². The summed E-state index contributed by atoms with van der Waals surface area (Å²) in [4.78, 5) is 34.9. The van der Waals surface area contributed by atoms with Gasteiger partial charge in [-0.3, -0.25) is 4.79 Å². The molecule has 20 heavy (non-hydrogen) atoms. The largest absolute Gasteiger partial charge is 0.504 e. The molecule has 0 N–H and O–H groups in total. The molecular formula is C14H14O6. The maximum absolute atomic E-state index is 11.9. The normalized spacial score (nSPS) is 10.2. The van der Waals surface area contributed by atoms with Crippen LogP contribution < -0.4 is 0 Å². The molecule has 106 valence electrons. The maximum Gasteiger partial charge on any atom is 0.337 e. The standard InChI is InChI=1S/C14H14O6/c1-18-5-4-12(15)9-6-10(13(16)19-2)8-11(7-9)14(17)20-3/h4-8H,1-3H3/b5-4+. The van der Waals surface area contributed by atoms with Gasteiger partial charge >= 0.3 is 11.9 Å². The van der Waals surface area contributed by atoms with E-state index in [0.717, 1.165) is 0 Å². The number of ether oxygens (including phenoxy) is 3. The Bertz CT molecular complexity index is 525. The molecule has 6 nitrogen and oxygen atoms in total. The molecule has 0 saturated carbocycles. The second kappa shape index (κ2) is 7.08. The fourth-order valence-electron chi connectivity index (χ4n) is 1.47. The first-order valence-electron chi connectivity index (χ1n) is 5.59. The Balaban J connectivity index is 3.29. The fraction of sp³-hybridized carbons (Fsp3) is 0.214. The van der Waals surface area contributed by atoms with Crippen molar-refractivity contribution < 1.29 is 28.6 Å². The van der Waals surface area contributed by atoms with E-state index in [4.69, 9.17) is 0 Å². The van der Waals surface area contributed by atoms with Crippen LogP contribution in [-0.4, -0.2) is 39.1 Å². The number of ketones is 1. The number of carbonyl (C=O) groups excluding carboxylic acids is 3. The summed E-state index contributed by atoms with van der Waals surface area (Å²) < 4.78 is 13.8. The third-order valence-electron chi connectivity index (χ3n) is 2.42. The highest BCUT2D eigenvalue weighted by Crippen LogP contribution is 2.14. The summed E-state index contributed by atoms with van der Waals surface area (Å²) in [6.07, 6.45) is 2.38. The Morgan fingerprint density at radius 1 is 0.850 bits per heavy atom. The summed E-state index contributed by atoms with van der Waals surface area (Å²) >= 11 is 0. The van der Waals surface area contributed by atoms with Crippen LogP contribution >= 0.6 is 0 Å². The lowest BCUT2D eigenvalue weighted by Crippen LogP contribution is -2.09. The van der Waals surface area contributed by atoms with Crippen LogP contribution in [0.2, 0.25) is 0 Å². The molecule has 0 fully saturated rings. The van der Waals surface area contributed by atoms with Gasteiger partial charge in [0.05, 0.1) is 38.7 Å². The van der Waals surface area contributed by atoms with Crippen LogP contribution in [-0.2, 0) is 14.2 Å². The smallest absolute Gasteiger partial charge is 0.337 e. The van der Waals surface area contributed by atoms with E-state index in [-0.39, 0.29) is 16.7 Å². The number of hydrogen-bond donors (Lipinski definition) is 0. The van der Waals surface area contributed by atoms with Crippen LogP contribution in [0, 0.1) is 0 Å². The van der Waals surface area contributed by atoms with Crippen LogP contribution in [0.5, 0.6) is 0 Å². The zero-order valence-electron chi connectivity index (χ0n) is 11.3. The molecule has 0 heterocycles. The molecule has 1 rings (SSSR count). The van der Waals surface area contributed by atoms with Crippen molar-refractivity contribution in [1.29, 1.82) is 0 Å². The van der Waals surface area contributed by atoms with Crippen LogP contribution in [0.1, 0.15) is 31.1 Å². The van der Waals surface area contributed by atoms with Crippen LogP contribution in [0.15, 0.2) is 30.5 Å². The topological polar surface area (TPSA) is 78.9 Å². The molecule has 1 aromatic carbocycles. The lowest BCUT2D eigenvalue weighted by atomic mass is 10.0. The number of carbonyl (C=O) groups is 3. The highest BCUT2D eigenvalue weighted by Gasteiger charge is 2.16. The molecule has 6 heteroatoms. The van der Waals surface area contributed by atoms with Crippen molar-refractivity contribution in [3.05, 3.63) is 47.2 Å². The first-order valence-corrected chi connectivity index (χ1v) is 5.59. The van der Waals surface area contributed by atoms with Crippen molar-refractivity contribution in [3.8, 4) is 0 Å². The average molecular weight is 278 g/mol. The molecule has 0 saturated heterocycles. The summed E-state index contributed by atoms with van der Waals surface area (Å²) in [5.41, 5.74) is 0.329. The molecule has 0 bridgehead atoms. The first-order chi connectivity index (χ1) is 9.53. The third kappa shape index (κ3) is 3.68. The predicted molar refractivity (Wildman–Crippen MR) is 69.6 cm³/mol. The van der Waals surface area contributed by atoms with Crippen LogP contribution in [0.25, 0.3) is 0 Å². The lowest BCUT2D eigenvalue weighted by Gasteiger charge is -2.06. The summed E-state index contributed by atoms with van der Waals surface area (Å²) in [5.74, 6) is -1.72. The summed E-state index contributed by atoms with van der Waals surface area (Å²) in [6.45, 7) is 0. The molecule has 0 atom stereocenters. The first kappa shape index (κ1) is 15.4. The monoisotopic (exact) mass is 278 g/mol. The van der Waals surface area contributed by atoms with Crippen LogP contribution in [0.4, 0.5) is 0 Å². The van der Waals surface area contributed by atoms with Crippen molar-refractivity contribution in [1.82, 2.24) is 0 Å². The molecule has 0 unspecified atom stereocenters. The highest BCUT2D eigenvalue weighted by molar-refractivity contribution is 6.07. The zero-order chi connectivity index (χ0) is 15.1. The van der Waals surface area contributed by atoms with E-state index in [1.807, 2.05) is 0 Å². The minimum Gasteiger partial charge on any atom is -0.504 e. The quantitative estimate of drug-likeness (QED) is 0.352. The third-order valence-corrected chi connectivity index (χ3v) is 2.42. The van der Waals surface area contributed by atoms with Gasteiger partial charge in [-0.1, -0.05) is 0 Å². The Morgan fingerprint density at radius 3 is 1.70 bits per heavy atom. The molecule has 0 aromatic heterocycles. The zero-order valence-corrected chi connectivity index (χ0v) is 11.3. The fourth-order valence-corrected chi connectivity index (χ4v) is 1.47. The Hall–Kier alpha value is -2.63. The molecule has 0 radical (unpaired) electrons. The van der Waals surface area contributed by atoms with E-state index < -0.39 is 17.7 Å². The maximum atomic E-state index is 11.9. The Labute approximate surface area is 115 Å². The SMILES string of the molecule is CO/C=C/C(=O)c1cc(C(=O)OC)cc(C(=O)OC)c1. The van der Waals surface area contributed by atoms with E-state index in [1.54, 1.807) is 0 Å². The minimum atomic E-state index is -0.652. The second-order valence-corrected chi connectivity index (χ2v) is 3.68. The van der Waals surface area contributed by atoms with E-state index >= 15 is 0 Å². The lowest BCUT2D eigenvalue weighted by molar-refractivity contribution is 0.0599. The van der Waals surface area contributed by atoms with Gasteiger partial charge in [0.1, 0.15) is 0 Å². The van der Waals surface area contributed by atoms with Gasteiger partial charge < -0.3 is 14.2 Å². The van der Waals surface area contributed by atoms with Gasteiger partial charge in [-0.05, 0) is 18.2 Å². The Morgan fingerprint density at radius 2 is 1.30 bits per heavy atom. The van der Waals surface area contributed by atoms with Gasteiger partial charge in [-0.25, -0.2) is 9.59 Å². The van der Waals surface area contributed by atoms with E-state index in [0.29, 0.717) is 0 Å². The van der Waals surface area contributed by atoms with Gasteiger partial charge in [-0.2, -0.15) is 0 Å². The number of rotatable bonds is 5. The van der Waals surface area contributed by atoms with Crippen molar-refractivity contribution >= 4 is 17.7 Å². The molecule has 0 aliphatic carbocycles. The molecule has 0 aliphatic heterocycles.